The van der Waals surface area contributed by atoms with E-state index in [0.717, 1.165) is 72.1 Å². The standard InChI is InChI=1S/C58H41NO2/c1-57(2)46-18-10-7-14-39(46)41-27-25-36(31-48(41)57)59(37-26-28-42-40-15-8-11-19-47(40)58(3,4)49(42)32-37)35-23-21-34(22-24-35)45-33-53-54(43-16-6-5-13-38(43)45)56-52(61-53)30-29-51-55(56)44-17-9-12-20-50(44)60-51/h5-33H,1-4H3. The maximum Gasteiger partial charge on any atom is 0.136 e. The van der Waals surface area contributed by atoms with Crippen molar-refractivity contribution in [2.24, 2.45) is 0 Å². The van der Waals surface area contributed by atoms with Gasteiger partial charge in [0.05, 0.1) is 0 Å². The van der Waals surface area contributed by atoms with Gasteiger partial charge in [-0.15, -0.1) is 0 Å². The molecule has 0 saturated carbocycles. The molecule has 3 heteroatoms. The first kappa shape index (κ1) is 34.5. The summed E-state index contributed by atoms with van der Waals surface area (Å²) in [4.78, 5) is 2.45. The van der Waals surface area contributed by atoms with Crippen molar-refractivity contribution in [1.29, 1.82) is 0 Å². The topological polar surface area (TPSA) is 29.5 Å². The van der Waals surface area contributed by atoms with Crippen LogP contribution in [0.4, 0.5) is 17.1 Å². The molecule has 0 unspecified atom stereocenters. The number of benzene rings is 9. The lowest BCUT2D eigenvalue weighted by Gasteiger charge is -2.30. The van der Waals surface area contributed by atoms with Crippen LogP contribution in [0.25, 0.3) is 88.0 Å². The molecule has 61 heavy (non-hydrogen) atoms. The Kier molecular flexibility index (Phi) is 6.85. The van der Waals surface area contributed by atoms with Crippen LogP contribution in [0.1, 0.15) is 49.9 Å². The van der Waals surface area contributed by atoms with Crippen molar-refractivity contribution in [3.63, 3.8) is 0 Å². The van der Waals surface area contributed by atoms with Gasteiger partial charge in [0.2, 0.25) is 0 Å². The Morgan fingerprint density at radius 3 is 1.44 bits per heavy atom. The zero-order valence-corrected chi connectivity index (χ0v) is 34.5. The van der Waals surface area contributed by atoms with Crippen molar-refractivity contribution >= 4 is 71.7 Å². The number of anilines is 3. The number of para-hydroxylation sites is 1. The summed E-state index contributed by atoms with van der Waals surface area (Å²) in [6, 6.07) is 64.4. The van der Waals surface area contributed by atoms with Gasteiger partial charge in [-0.05, 0) is 127 Å². The third kappa shape index (κ3) is 4.69. The normalized spacial score (nSPS) is 14.5. The third-order valence-electron chi connectivity index (χ3n) is 14.1. The van der Waals surface area contributed by atoms with Gasteiger partial charge >= 0.3 is 0 Å². The second-order valence-electron chi connectivity index (χ2n) is 18.0. The second kappa shape index (κ2) is 12.1. The lowest BCUT2D eigenvalue weighted by molar-refractivity contribution is 0.660. The Morgan fingerprint density at radius 2 is 0.803 bits per heavy atom. The summed E-state index contributed by atoms with van der Waals surface area (Å²) in [6.45, 7) is 9.44. The summed E-state index contributed by atoms with van der Waals surface area (Å²) in [5.74, 6) is 0. The van der Waals surface area contributed by atoms with Crippen molar-refractivity contribution in [3.8, 4) is 33.4 Å². The van der Waals surface area contributed by atoms with Crippen molar-refractivity contribution in [1.82, 2.24) is 0 Å². The van der Waals surface area contributed by atoms with E-state index in [9.17, 15) is 0 Å². The van der Waals surface area contributed by atoms with E-state index in [1.165, 1.54) is 55.3 Å². The van der Waals surface area contributed by atoms with E-state index in [-0.39, 0.29) is 10.8 Å². The molecule has 2 aliphatic carbocycles. The van der Waals surface area contributed by atoms with Crippen LogP contribution in [0.15, 0.2) is 185 Å². The van der Waals surface area contributed by atoms with Gasteiger partial charge in [0, 0.05) is 49.4 Å². The zero-order chi connectivity index (χ0) is 40.8. The highest BCUT2D eigenvalue weighted by Gasteiger charge is 2.37. The maximum absolute atomic E-state index is 6.73. The van der Waals surface area contributed by atoms with Gasteiger partial charge in [-0.2, -0.15) is 0 Å². The lowest BCUT2D eigenvalue weighted by Crippen LogP contribution is -2.18. The third-order valence-corrected chi connectivity index (χ3v) is 14.1. The molecule has 0 saturated heterocycles. The molecule has 290 valence electrons. The molecule has 0 atom stereocenters. The summed E-state index contributed by atoms with van der Waals surface area (Å²) in [5.41, 5.74) is 19.7. The van der Waals surface area contributed by atoms with Crippen molar-refractivity contribution in [2.45, 2.75) is 38.5 Å². The highest BCUT2D eigenvalue weighted by molar-refractivity contribution is 6.31. The summed E-state index contributed by atoms with van der Waals surface area (Å²) in [7, 11) is 0. The lowest BCUT2D eigenvalue weighted by atomic mass is 9.82. The SMILES string of the molecule is CC1(C)c2ccccc2-c2ccc(N(c3ccc(-c4cc5oc6ccc7oc8ccccc8c7c6c5c5ccccc45)cc3)c3ccc4c(c3)C(C)(C)c3ccccc3-4)cc21. The monoisotopic (exact) mass is 783 g/mol. The van der Waals surface area contributed by atoms with Crippen LogP contribution in [0.3, 0.4) is 0 Å². The number of nitrogens with zero attached hydrogens (tertiary/aromatic N) is 1. The van der Waals surface area contributed by atoms with Crippen molar-refractivity contribution in [3.05, 3.63) is 198 Å². The van der Waals surface area contributed by atoms with Gasteiger partial charge in [0.1, 0.15) is 22.3 Å². The minimum Gasteiger partial charge on any atom is -0.456 e. The van der Waals surface area contributed by atoms with E-state index in [1.807, 2.05) is 18.2 Å². The molecule has 0 fully saturated rings. The maximum atomic E-state index is 6.73. The summed E-state index contributed by atoms with van der Waals surface area (Å²) < 4.78 is 13.1. The largest absolute Gasteiger partial charge is 0.456 e. The molecule has 11 aromatic rings. The molecule has 3 nitrogen and oxygen atoms in total. The fraction of sp³-hybridized carbons (Fsp3) is 0.103. The molecular weight excluding hydrogens is 743 g/mol. The first-order chi connectivity index (χ1) is 29.8. The molecule has 9 aromatic carbocycles. The fourth-order valence-electron chi connectivity index (χ4n) is 11.1. The van der Waals surface area contributed by atoms with Crippen LogP contribution in [-0.2, 0) is 10.8 Å². The Bertz CT molecular complexity index is 3550. The van der Waals surface area contributed by atoms with Crippen LogP contribution in [0.2, 0.25) is 0 Å². The highest BCUT2D eigenvalue weighted by atomic mass is 16.3. The second-order valence-corrected chi connectivity index (χ2v) is 18.0. The number of hydrogen-bond donors (Lipinski definition) is 0. The van der Waals surface area contributed by atoms with E-state index >= 15 is 0 Å². The van der Waals surface area contributed by atoms with E-state index in [2.05, 4.69) is 190 Å². The predicted molar refractivity (Wildman–Crippen MR) is 254 cm³/mol. The Labute approximate surface area is 354 Å². The average Bonchev–Trinajstić information content (AvgIpc) is 3.99. The molecule has 2 heterocycles. The van der Waals surface area contributed by atoms with Gasteiger partial charge in [-0.25, -0.2) is 0 Å². The smallest absolute Gasteiger partial charge is 0.136 e. The van der Waals surface area contributed by atoms with Crippen LogP contribution in [0, 0.1) is 0 Å². The van der Waals surface area contributed by atoms with Gasteiger partial charge in [-0.3, -0.25) is 0 Å². The van der Waals surface area contributed by atoms with E-state index < -0.39 is 0 Å². The number of rotatable bonds is 4. The molecule has 0 radical (unpaired) electrons. The molecule has 13 rings (SSSR count). The molecule has 2 aliphatic rings. The molecule has 0 spiro atoms. The minimum absolute atomic E-state index is 0.119. The van der Waals surface area contributed by atoms with Gasteiger partial charge in [0.15, 0.2) is 0 Å². The fourth-order valence-corrected chi connectivity index (χ4v) is 11.1. The summed E-state index contributed by atoms with van der Waals surface area (Å²) >= 11 is 0. The number of hydrogen-bond acceptors (Lipinski definition) is 3. The van der Waals surface area contributed by atoms with Crippen LogP contribution in [0.5, 0.6) is 0 Å². The Hall–Kier alpha value is -7.36. The van der Waals surface area contributed by atoms with Gasteiger partial charge in [-0.1, -0.05) is 143 Å². The molecule has 0 bridgehead atoms. The predicted octanol–water partition coefficient (Wildman–Crippen LogP) is 16.4. The van der Waals surface area contributed by atoms with E-state index in [0.29, 0.717) is 0 Å². The average molecular weight is 784 g/mol. The van der Waals surface area contributed by atoms with Crippen LogP contribution < -0.4 is 4.90 Å². The van der Waals surface area contributed by atoms with Crippen LogP contribution >= 0.6 is 0 Å². The molecular formula is C58H41NO2. The highest BCUT2D eigenvalue weighted by Crippen LogP contribution is 2.53. The summed E-state index contributed by atoms with van der Waals surface area (Å²) in [5, 5.41) is 6.79. The number of fused-ring (bicyclic) bond motifs is 15. The van der Waals surface area contributed by atoms with Crippen molar-refractivity contribution in [2.75, 3.05) is 4.90 Å². The first-order valence-electron chi connectivity index (χ1n) is 21.3. The molecule has 2 aromatic heterocycles. The van der Waals surface area contributed by atoms with Gasteiger partial charge < -0.3 is 13.7 Å². The van der Waals surface area contributed by atoms with Crippen molar-refractivity contribution < 1.29 is 8.83 Å². The van der Waals surface area contributed by atoms with Gasteiger partial charge in [0.25, 0.3) is 0 Å². The molecule has 0 N–H and O–H groups in total. The zero-order valence-electron chi connectivity index (χ0n) is 34.5. The van der Waals surface area contributed by atoms with E-state index in [4.69, 9.17) is 8.83 Å². The van der Waals surface area contributed by atoms with E-state index in [1.54, 1.807) is 0 Å². The summed E-state index contributed by atoms with van der Waals surface area (Å²) in [6.07, 6.45) is 0. The molecule has 0 aliphatic heterocycles. The number of furan rings is 2. The quantitative estimate of drug-likeness (QED) is 0.178. The minimum atomic E-state index is -0.119. The Morgan fingerprint density at radius 1 is 0.328 bits per heavy atom. The molecule has 0 amide bonds. The Balaban J connectivity index is 0.983. The first-order valence-corrected chi connectivity index (χ1v) is 21.3. The van der Waals surface area contributed by atoms with Crippen LogP contribution in [-0.4, -0.2) is 0 Å².